The van der Waals surface area contributed by atoms with Crippen LogP contribution in [0.5, 0.6) is 0 Å². The van der Waals surface area contributed by atoms with Gasteiger partial charge in [-0.1, -0.05) is 36.4 Å². The quantitative estimate of drug-likeness (QED) is 0.742. The van der Waals surface area contributed by atoms with Crippen molar-refractivity contribution < 1.29 is 4.57 Å². The summed E-state index contributed by atoms with van der Waals surface area (Å²) in [4.78, 5) is 0. The van der Waals surface area contributed by atoms with Gasteiger partial charge < -0.3 is 0 Å². The molecule has 0 radical (unpaired) electrons. The number of rotatable bonds is 2. The van der Waals surface area contributed by atoms with Crippen molar-refractivity contribution in [3.63, 3.8) is 0 Å². The van der Waals surface area contributed by atoms with Gasteiger partial charge >= 0.3 is 7.80 Å². The average Bonchev–Trinajstić information content (AvgIpc) is 2.30. The zero-order valence-electron chi connectivity index (χ0n) is 8.23. The Bertz CT molecular complexity index is 458. The van der Waals surface area contributed by atoms with E-state index in [2.05, 4.69) is 31.9 Å². The Morgan fingerprint density at radius 2 is 1.00 bits per heavy atom. The van der Waals surface area contributed by atoms with Crippen LogP contribution in [-0.2, 0) is 4.57 Å². The van der Waals surface area contributed by atoms with Gasteiger partial charge in [0.25, 0.3) is 0 Å². The van der Waals surface area contributed by atoms with Crippen molar-refractivity contribution in [3.05, 3.63) is 57.5 Å². The molecule has 2 aromatic rings. The summed E-state index contributed by atoms with van der Waals surface area (Å²) >= 11 is 6.72. The molecule has 2 aromatic carbocycles. The maximum atomic E-state index is 12.2. The molecule has 4 heteroatoms. The lowest BCUT2D eigenvalue weighted by Crippen LogP contribution is -2.05. The highest BCUT2D eigenvalue weighted by Gasteiger charge is 2.22. The fraction of sp³-hybridized carbons (Fsp3) is 0. The van der Waals surface area contributed by atoms with Gasteiger partial charge in [-0.2, -0.15) is 0 Å². The van der Waals surface area contributed by atoms with Crippen LogP contribution in [0.2, 0.25) is 0 Å². The zero-order chi connectivity index (χ0) is 11.5. The molecule has 2 rings (SSSR count). The molecule has 0 spiro atoms. The summed E-state index contributed by atoms with van der Waals surface area (Å²) in [6.07, 6.45) is 0. The largest absolute Gasteiger partial charge is 0.415 e. The van der Waals surface area contributed by atoms with Crippen LogP contribution in [0.3, 0.4) is 0 Å². The summed E-state index contributed by atoms with van der Waals surface area (Å²) < 4.78 is 14.2. The molecular formula is C12H8Br2OP+. The Balaban J connectivity index is 2.32. The molecule has 16 heavy (non-hydrogen) atoms. The molecule has 0 heterocycles. The Morgan fingerprint density at radius 3 is 1.31 bits per heavy atom. The van der Waals surface area contributed by atoms with Crippen molar-refractivity contribution in [2.45, 2.75) is 0 Å². The third-order valence-corrected chi connectivity index (χ3v) is 4.71. The zero-order valence-corrected chi connectivity index (χ0v) is 12.3. The van der Waals surface area contributed by atoms with Crippen LogP contribution >= 0.6 is 39.7 Å². The summed E-state index contributed by atoms with van der Waals surface area (Å²) in [5.41, 5.74) is 0. The molecule has 0 saturated carbocycles. The second-order valence-electron chi connectivity index (χ2n) is 3.25. The summed E-state index contributed by atoms with van der Waals surface area (Å²) in [7, 11) is -1.49. The number of hydrogen-bond donors (Lipinski definition) is 0. The second kappa shape index (κ2) is 5.22. The van der Waals surface area contributed by atoms with Crippen LogP contribution in [0.4, 0.5) is 0 Å². The van der Waals surface area contributed by atoms with Crippen molar-refractivity contribution in [1.82, 2.24) is 0 Å². The van der Waals surface area contributed by atoms with E-state index in [1.165, 1.54) is 0 Å². The van der Waals surface area contributed by atoms with E-state index in [-0.39, 0.29) is 0 Å². The molecule has 0 aliphatic rings. The van der Waals surface area contributed by atoms with E-state index in [0.717, 1.165) is 19.6 Å². The maximum absolute atomic E-state index is 12.2. The number of hydrogen-bond acceptors (Lipinski definition) is 1. The van der Waals surface area contributed by atoms with E-state index < -0.39 is 7.80 Å². The standard InChI is InChI=1S/C12H8Br2OP/c13-9-1-5-11(6-2-9)16(15)12-7-3-10(14)4-8-12/h1-8H/q+1. The first-order valence-electron chi connectivity index (χ1n) is 4.65. The molecule has 0 bridgehead atoms. The minimum absolute atomic E-state index is 0.848. The lowest BCUT2D eigenvalue weighted by molar-refractivity contribution is 0.598. The molecule has 1 nitrogen and oxygen atoms in total. The fourth-order valence-electron chi connectivity index (χ4n) is 1.30. The van der Waals surface area contributed by atoms with Crippen molar-refractivity contribution in [2.75, 3.05) is 0 Å². The first-order valence-corrected chi connectivity index (χ1v) is 7.50. The Hall–Kier alpha value is -0.500. The fourth-order valence-corrected chi connectivity index (χ4v) is 2.97. The van der Waals surface area contributed by atoms with Gasteiger partial charge in [0.05, 0.1) is 0 Å². The monoisotopic (exact) mass is 357 g/mol. The highest BCUT2D eigenvalue weighted by Crippen LogP contribution is 2.21. The summed E-state index contributed by atoms with van der Waals surface area (Å²) in [5.74, 6) is 0. The highest BCUT2D eigenvalue weighted by molar-refractivity contribution is 9.10. The van der Waals surface area contributed by atoms with E-state index in [1.807, 2.05) is 48.5 Å². The van der Waals surface area contributed by atoms with Crippen molar-refractivity contribution in [3.8, 4) is 0 Å². The van der Waals surface area contributed by atoms with Gasteiger partial charge in [-0.25, -0.2) is 0 Å². The topological polar surface area (TPSA) is 17.1 Å². The third kappa shape index (κ3) is 2.79. The lowest BCUT2D eigenvalue weighted by atomic mass is 10.4. The third-order valence-electron chi connectivity index (χ3n) is 2.12. The molecule has 0 unspecified atom stereocenters. The summed E-state index contributed by atoms with van der Waals surface area (Å²) in [5, 5.41) is 1.70. The first-order chi connectivity index (χ1) is 7.66. The highest BCUT2D eigenvalue weighted by atomic mass is 79.9. The normalized spacial score (nSPS) is 10.1. The summed E-state index contributed by atoms with van der Waals surface area (Å²) in [6, 6.07) is 15.1. The molecule has 0 N–H and O–H groups in total. The molecule has 0 aliphatic heterocycles. The van der Waals surface area contributed by atoms with E-state index in [1.54, 1.807) is 0 Å². The van der Waals surface area contributed by atoms with Crippen LogP contribution in [0.15, 0.2) is 57.5 Å². The smallest absolute Gasteiger partial charge is 0.0613 e. The van der Waals surface area contributed by atoms with Crippen LogP contribution < -0.4 is 10.6 Å². The maximum Gasteiger partial charge on any atom is 0.415 e. The van der Waals surface area contributed by atoms with Crippen LogP contribution in [0.1, 0.15) is 0 Å². The minimum atomic E-state index is -1.49. The van der Waals surface area contributed by atoms with Gasteiger partial charge in [0.1, 0.15) is 0 Å². The summed E-state index contributed by atoms with van der Waals surface area (Å²) in [6.45, 7) is 0. The van der Waals surface area contributed by atoms with Crippen molar-refractivity contribution >= 4 is 50.3 Å². The van der Waals surface area contributed by atoms with Crippen LogP contribution in [0.25, 0.3) is 0 Å². The van der Waals surface area contributed by atoms with E-state index >= 15 is 0 Å². The van der Waals surface area contributed by atoms with E-state index in [9.17, 15) is 4.57 Å². The molecule has 80 valence electrons. The SMILES string of the molecule is O=[P+](c1ccc(Br)cc1)c1ccc(Br)cc1. The predicted octanol–water partition coefficient (Wildman–Crippen LogP) is 3.99. The molecule has 0 atom stereocenters. The first kappa shape index (κ1) is 12.0. The molecule has 0 fully saturated rings. The Morgan fingerprint density at radius 1 is 0.688 bits per heavy atom. The minimum Gasteiger partial charge on any atom is -0.0613 e. The molecule has 0 amide bonds. The average molecular weight is 359 g/mol. The van der Waals surface area contributed by atoms with Crippen LogP contribution in [0, 0.1) is 0 Å². The van der Waals surface area contributed by atoms with Gasteiger partial charge in [-0.3, -0.25) is 0 Å². The number of benzene rings is 2. The second-order valence-corrected chi connectivity index (χ2v) is 6.70. The van der Waals surface area contributed by atoms with Crippen molar-refractivity contribution in [2.24, 2.45) is 0 Å². The molecule has 0 aromatic heterocycles. The Kier molecular flexibility index (Phi) is 3.91. The van der Waals surface area contributed by atoms with Crippen LogP contribution in [-0.4, -0.2) is 0 Å². The Labute approximate surface area is 112 Å². The molecule has 0 aliphatic carbocycles. The molecular weight excluding hydrogens is 351 g/mol. The van der Waals surface area contributed by atoms with E-state index in [0.29, 0.717) is 0 Å². The predicted molar refractivity (Wildman–Crippen MR) is 75.2 cm³/mol. The van der Waals surface area contributed by atoms with Crippen molar-refractivity contribution in [1.29, 1.82) is 0 Å². The molecule has 0 saturated heterocycles. The lowest BCUT2D eigenvalue weighted by Gasteiger charge is -1.91. The number of halogens is 2. The van der Waals surface area contributed by atoms with Gasteiger partial charge in [0.2, 0.25) is 0 Å². The van der Waals surface area contributed by atoms with E-state index in [4.69, 9.17) is 0 Å². The van der Waals surface area contributed by atoms with Gasteiger partial charge in [-0.15, -0.1) is 0 Å². The van der Waals surface area contributed by atoms with Gasteiger partial charge in [-0.05, 0) is 48.5 Å². The van der Waals surface area contributed by atoms with Gasteiger partial charge in [0.15, 0.2) is 10.6 Å². The van der Waals surface area contributed by atoms with Gasteiger partial charge in [0, 0.05) is 8.95 Å².